The Balaban J connectivity index is 1.76. The fourth-order valence-corrected chi connectivity index (χ4v) is 4.26. The van der Waals surface area contributed by atoms with Crippen LogP contribution in [0, 0.1) is 0 Å². The summed E-state index contributed by atoms with van der Waals surface area (Å²) >= 11 is 1.03. The molecule has 1 aromatic rings. The minimum absolute atomic E-state index is 0.169. The smallest absolute Gasteiger partial charge is 0.289 e. The topological polar surface area (TPSA) is 84.9 Å². The maximum Gasteiger partial charge on any atom is 0.289 e. The molecule has 1 aromatic carbocycles. The molecule has 1 aliphatic carbocycles. The van der Waals surface area contributed by atoms with Gasteiger partial charge in [0.25, 0.3) is 11.1 Å². The monoisotopic (exact) mass is 378 g/mol. The predicted octanol–water partition coefficient (Wildman–Crippen LogP) is 2.44. The highest BCUT2D eigenvalue weighted by Crippen LogP contribution is 2.31. The Morgan fingerprint density at radius 3 is 2.54 bits per heavy atom. The van der Waals surface area contributed by atoms with E-state index in [0.717, 1.165) is 37.4 Å². The van der Waals surface area contributed by atoms with Crippen molar-refractivity contribution in [2.45, 2.75) is 37.8 Å². The normalized spacial score (nSPS) is 23.1. The maximum absolute atomic E-state index is 12.7. The van der Waals surface area contributed by atoms with E-state index in [1.54, 1.807) is 18.2 Å². The van der Waals surface area contributed by atoms with Gasteiger partial charge in [0.2, 0.25) is 5.91 Å². The fourth-order valence-electron chi connectivity index (χ4n) is 3.50. The maximum atomic E-state index is 12.7. The van der Waals surface area contributed by atoms with E-state index in [1.807, 2.05) is 0 Å². The van der Waals surface area contributed by atoms with Crippen molar-refractivity contribution in [2.24, 2.45) is 0 Å². The first-order chi connectivity index (χ1) is 12.5. The molecule has 2 aliphatic rings. The largest absolute Gasteiger partial charge is 0.493 e. The van der Waals surface area contributed by atoms with Crippen molar-refractivity contribution in [1.82, 2.24) is 10.2 Å². The highest BCUT2D eigenvalue weighted by atomic mass is 32.2. The molecule has 1 saturated heterocycles. The molecule has 2 unspecified atom stereocenters. The summed E-state index contributed by atoms with van der Waals surface area (Å²) in [6, 6.07) is 4.44. The van der Waals surface area contributed by atoms with Crippen LogP contribution in [0.2, 0.25) is 0 Å². The Labute approximate surface area is 156 Å². The molecule has 7 nitrogen and oxygen atoms in total. The molecule has 3 amide bonds. The standard InChI is InChI=1S/C18H22N2O5S/c1-24-14-8-7-11(9-15(14)25-2)17(22)19-12-5-3-4-6-13(12)20-16(21)10-26-18(20)23/h7-9,12-13H,3-6,10H2,1-2H3,(H,19,22). The van der Waals surface area contributed by atoms with Crippen LogP contribution in [0.5, 0.6) is 11.5 Å². The lowest BCUT2D eigenvalue weighted by molar-refractivity contribution is -0.127. The summed E-state index contributed by atoms with van der Waals surface area (Å²) in [6.45, 7) is 0. The number of carbonyl (C=O) groups excluding carboxylic acids is 3. The van der Waals surface area contributed by atoms with Gasteiger partial charge in [0.1, 0.15) is 0 Å². The van der Waals surface area contributed by atoms with E-state index in [2.05, 4.69) is 5.32 Å². The SMILES string of the molecule is COc1ccc(C(=O)NC2CCCCC2N2C(=O)CSC2=O)cc1OC. The number of hydrogen-bond donors (Lipinski definition) is 1. The molecule has 1 aliphatic heterocycles. The van der Waals surface area contributed by atoms with Crippen LogP contribution in [-0.4, -0.2) is 54.0 Å². The van der Waals surface area contributed by atoms with Gasteiger partial charge >= 0.3 is 0 Å². The Morgan fingerprint density at radius 2 is 1.88 bits per heavy atom. The molecule has 3 rings (SSSR count). The van der Waals surface area contributed by atoms with Crippen molar-refractivity contribution in [3.8, 4) is 11.5 Å². The minimum atomic E-state index is -0.275. The lowest BCUT2D eigenvalue weighted by atomic mass is 9.89. The number of nitrogens with zero attached hydrogens (tertiary/aromatic N) is 1. The highest BCUT2D eigenvalue weighted by Gasteiger charge is 2.41. The van der Waals surface area contributed by atoms with E-state index in [0.29, 0.717) is 17.1 Å². The van der Waals surface area contributed by atoms with Gasteiger partial charge in [-0.25, -0.2) is 0 Å². The van der Waals surface area contributed by atoms with Crippen molar-refractivity contribution < 1.29 is 23.9 Å². The number of rotatable bonds is 5. The molecule has 1 heterocycles. The lowest BCUT2D eigenvalue weighted by Crippen LogP contribution is -2.54. The molecule has 0 spiro atoms. The second-order valence-electron chi connectivity index (χ2n) is 6.32. The average molecular weight is 378 g/mol. The van der Waals surface area contributed by atoms with Gasteiger partial charge in [-0.3, -0.25) is 19.3 Å². The van der Waals surface area contributed by atoms with Gasteiger partial charge in [-0.2, -0.15) is 0 Å². The van der Waals surface area contributed by atoms with Crippen LogP contribution >= 0.6 is 11.8 Å². The lowest BCUT2D eigenvalue weighted by Gasteiger charge is -2.36. The summed E-state index contributed by atoms with van der Waals surface area (Å²) in [5, 5.41) is 2.79. The van der Waals surface area contributed by atoms with Crippen molar-refractivity contribution in [3.63, 3.8) is 0 Å². The number of hydrogen-bond acceptors (Lipinski definition) is 6. The zero-order valence-electron chi connectivity index (χ0n) is 14.8. The number of methoxy groups -OCH3 is 2. The zero-order chi connectivity index (χ0) is 18.7. The molecule has 0 bridgehead atoms. The van der Waals surface area contributed by atoms with Crippen LogP contribution in [-0.2, 0) is 4.79 Å². The van der Waals surface area contributed by atoms with Crippen LogP contribution in [0.25, 0.3) is 0 Å². The summed E-state index contributed by atoms with van der Waals surface area (Å²) in [7, 11) is 3.05. The first-order valence-electron chi connectivity index (χ1n) is 8.57. The van der Waals surface area contributed by atoms with Gasteiger partial charge < -0.3 is 14.8 Å². The number of carbonyl (C=O) groups is 3. The average Bonchev–Trinajstić information content (AvgIpc) is 2.99. The van der Waals surface area contributed by atoms with Crippen LogP contribution in [0.1, 0.15) is 36.0 Å². The predicted molar refractivity (Wildman–Crippen MR) is 97.8 cm³/mol. The Bertz CT molecular complexity index is 708. The van der Waals surface area contributed by atoms with Crippen LogP contribution in [0.4, 0.5) is 4.79 Å². The second kappa shape index (κ2) is 7.99. The van der Waals surface area contributed by atoms with Gasteiger partial charge in [0.05, 0.1) is 32.1 Å². The van der Waals surface area contributed by atoms with E-state index >= 15 is 0 Å². The molecule has 1 N–H and O–H groups in total. The van der Waals surface area contributed by atoms with Crippen molar-refractivity contribution >= 4 is 28.8 Å². The number of thioether (sulfide) groups is 1. The van der Waals surface area contributed by atoms with Crippen LogP contribution in [0.15, 0.2) is 18.2 Å². The number of ether oxygens (including phenoxy) is 2. The number of imide groups is 1. The minimum Gasteiger partial charge on any atom is -0.493 e. The number of nitrogens with one attached hydrogen (secondary N) is 1. The van der Waals surface area contributed by atoms with Gasteiger partial charge in [0.15, 0.2) is 11.5 Å². The molecular formula is C18H22N2O5S. The summed E-state index contributed by atoms with van der Waals surface area (Å²) in [5.41, 5.74) is 0.445. The molecule has 8 heteroatoms. The van der Waals surface area contributed by atoms with Crippen LogP contribution < -0.4 is 14.8 Å². The molecule has 140 valence electrons. The van der Waals surface area contributed by atoms with Crippen LogP contribution in [0.3, 0.4) is 0 Å². The molecule has 0 radical (unpaired) electrons. The third kappa shape index (κ3) is 3.65. The van der Waals surface area contributed by atoms with E-state index in [9.17, 15) is 14.4 Å². The quantitative estimate of drug-likeness (QED) is 0.847. The van der Waals surface area contributed by atoms with E-state index in [1.165, 1.54) is 19.1 Å². The van der Waals surface area contributed by atoms with Gasteiger partial charge in [0, 0.05) is 5.56 Å². The molecule has 0 aromatic heterocycles. The molecular weight excluding hydrogens is 356 g/mol. The Hall–Kier alpha value is -2.22. The van der Waals surface area contributed by atoms with E-state index < -0.39 is 0 Å². The summed E-state index contributed by atoms with van der Waals surface area (Å²) in [6.07, 6.45) is 3.35. The first-order valence-corrected chi connectivity index (χ1v) is 9.55. The number of benzene rings is 1. The van der Waals surface area contributed by atoms with Gasteiger partial charge in [-0.1, -0.05) is 24.6 Å². The fraction of sp³-hybridized carbons (Fsp3) is 0.500. The van der Waals surface area contributed by atoms with Crippen molar-refractivity contribution in [1.29, 1.82) is 0 Å². The second-order valence-corrected chi connectivity index (χ2v) is 7.25. The molecule has 2 fully saturated rings. The Morgan fingerprint density at radius 1 is 1.15 bits per heavy atom. The number of amides is 3. The third-order valence-electron chi connectivity index (χ3n) is 4.81. The molecule has 2 atom stereocenters. The van der Waals surface area contributed by atoms with Gasteiger partial charge in [-0.15, -0.1) is 0 Å². The summed E-state index contributed by atoms with van der Waals surface area (Å²) in [4.78, 5) is 38.2. The van der Waals surface area contributed by atoms with Crippen molar-refractivity contribution in [2.75, 3.05) is 20.0 Å². The molecule has 1 saturated carbocycles. The molecule has 26 heavy (non-hydrogen) atoms. The van der Waals surface area contributed by atoms with Crippen molar-refractivity contribution in [3.05, 3.63) is 23.8 Å². The van der Waals surface area contributed by atoms with E-state index in [-0.39, 0.29) is 34.9 Å². The Kier molecular flexibility index (Phi) is 5.70. The first kappa shape index (κ1) is 18.6. The van der Waals surface area contributed by atoms with Gasteiger partial charge in [-0.05, 0) is 31.0 Å². The summed E-state index contributed by atoms with van der Waals surface area (Å²) in [5.74, 6) is 0.782. The highest BCUT2D eigenvalue weighted by molar-refractivity contribution is 8.14. The summed E-state index contributed by atoms with van der Waals surface area (Å²) < 4.78 is 10.4. The zero-order valence-corrected chi connectivity index (χ0v) is 15.6. The van der Waals surface area contributed by atoms with E-state index in [4.69, 9.17) is 9.47 Å². The third-order valence-corrected chi connectivity index (χ3v) is 5.64.